The van der Waals surface area contributed by atoms with Crippen LogP contribution in [0, 0.1) is 5.41 Å². The Morgan fingerprint density at radius 3 is 2.61 bits per heavy atom. The number of carboxylic acid groups (broad SMARTS) is 1. The summed E-state index contributed by atoms with van der Waals surface area (Å²) in [5.74, 6) is -0.0459. The number of nitrogens with zero attached hydrogens (tertiary/aromatic N) is 4. The third-order valence-corrected chi connectivity index (χ3v) is 4.97. The highest BCUT2D eigenvalue weighted by Gasteiger charge is 2.49. The van der Waals surface area contributed by atoms with Gasteiger partial charge in [-0.05, 0) is 30.7 Å². The van der Waals surface area contributed by atoms with Crippen LogP contribution in [0.5, 0.6) is 0 Å². The van der Waals surface area contributed by atoms with E-state index in [1.54, 1.807) is 12.3 Å². The molecule has 0 aliphatic carbocycles. The Bertz CT molecular complexity index is 603. The fraction of sp³-hybridized carbons (Fsp3) is 0.600. The number of nitrogens with two attached hydrogens (primary N) is 1. The summed E-state index contributed by atoms with van der Waals surface area (Å²) in [6, 6.07) is 0.941. The molecule has 2 fully saturated rings. The Morgan fingerprint density at radius 1 is 1.39 bits per heavy atom. The summed E-state index contributed by atoms with van der Waals surface area (Å²) >= 11 is 0. The Balaban J connectivity index is 1.71. The van der Waals surface area contributed by atoms with Crippen LogP contribution < -0.4 is 10.6 Å². The van der Waals surface area contributed by atoms with Gasteiger partial charge >= 0.3 is 5.97 Å². The fourth-order valence-electron chi connectivity index (χ4n) is 3.67. The molecule has 0 bridgehead atoms. The number of anilines is 2. The smallest absolute Gasteiger partial charge is 0.326 e. The standard InChI is InChI=1S/C15H21N5O3/c1-10(21)20-9-15(8-11(20)13(22)23)3-6-19(7-4-15)14-17-5-2-12(16)18-14/h2,5,11H,3-4,6-9H2,1H3,(H,22,23)(H2,16,17,18)/t11-/m0/s1. The van der Waals surface area contributed by atoms with Crippen LogP contribution in [0.1, 0.15) is 26.2 Å². The van der Waals surface area contributed by atoms with Crippen molar-refractivity contribution in [1.29, 1.82) is 0 Å². The van der Waals surface area contributed by atoms with Crippen LogP contribution in [0.3, 0.4) is 0 Å². The van der Waals surface area contributed by atoms with Crippen LogP contribution in [-0.2, 0) is 9.59 Å². The zero-order valence-corrected chi connectivity index (χ0v) is 13.1. The van der Waals surface area contributed by atoms with Crippen LogP contribution in [0.4, 0.5) is 11.8 Å². The Labute approximate surface area is 134 Å². The highest BCUT2D eigenvalue weighted by molar-refractivity contribution is 5.83. The molecule has 0 saturated carbocycles. The molecule has 23 heavy (non-hydrogen) atoms. The van der Waals surface area contributed by atoms with E-state index in [4.69, 9.17) is 5.73 Å². The number of piperidine rings is 1. The fourth-order valence-corrected chi connectivity index (χ4v) is 3.67. The molecule has 2 aliphatic heterocycles. The average molecular weight is 319 g/mol. The van der Waals surface area contributed by atoms with E-state index in [-0.39, 0.29) is 11.3 Å². The third kappa shape index (κ3) is 2.93. The molecule has 1 spiro atoms. The average Bonchev–Trinajstić information content (AvgIpc) is 2.88. The normalized spacial score (nSPS) is 23.3. The topological polar surface area (TPSA) is 113 Å². The zero-order chi connectivity index (χ0) is 16.6. The van der Waals surface area contributed by atoms with E-state index in [0.29, 0.717) is 24.7 Å². The number of hydrogen-bond acceptors (Lipinski definition) is 6. The van der Waals surface area contributed by atoms with Crippen LogP contribution >= 0.6 is 0 Å². The van der Waals surface area contributed by atoms with Crippen molar-refractivity contribution in [1.82, 2.24) is 14.9 Å². The molecule has 0 aromatic carbocycles. The van der Waals surface area contributed by atoms with Crippen molar-refractivity contribution in [3.05, 3.63) is 12.3 Å². The second-order valence-electron chi connectivity index (χ2n) is 6.47. The summed E-state index contributed by atoms with van der Waals surface area (Å²) in [5.41, 5.74) is 5.58. The van der Waals surface area contributed by atoms with E-state index in [0.717, 1.165) is 25.9 Å². The minimum Gasteiger partial charge on any atom is -0.480 e. The van der Waals surface area contributed by atoms with E-state index in [2.05, 4.69) is 14.9 Å². The van der Waals surface area contributed by atoms with E-state index in [1.165, 1.54) is 11.8 Å². The summed E-state index contributed by atoms with van der Waals surface area (Å²) in [5, 5.41) is 9.37. The van der Waals surface area contributed by atoms with Gasteiger partial charge in [0, 0.05) is 32.8 Å². The molecular formula is C15H21N5O3. The van der Waals surface area contributed by atoms with Crippen molar-refractivity contribution in [2.24, 2.45) is 5.41 Å². The van der Waals surface area contributed by atoms with Gasteiger partial charge in [-0.3, -0.25) is 4.79 Å². The molecule has 1 aromatic rings. The number of rotatable bonds is 2. The van der Waals surface area contributed by atoms with Gasteiger partial charge in [-0.15, -0.1) is 0 Å². The van der Waals surface area contributed by atoms with Gasteiger partial charge in [-0.2, -0.15) is 4.98 Å². The van der Waals surface area contributed by atoms with E-state index >= 15 is 0 Å². The van der Waals surface area contributed by atoms with Crippen LogP contribution in [0.15, 0.2) is 12.3 Å². The molecule has 2 saturated heterocycles. The van der Waals surface area contributed by atoms with Gasteiger partial charge in [0.1, 0.15) is 11.9 Å². The van der Waals surface area contributed by atoms with Crippen molar-refractivity contribution in [2.75, 3.05) is 30.3 Å². The molecule has 8 heteroatoms. The monoisotopic (exact) mass is 319 g/mol. The van der Waals surface area contributed by atoms with Crippen molar-refractivity contribution in [3.63, 3.8) is 0 Å². The molecule has 3 N–H and O–H groups in total. The first-order chi connectivity index (χ1) is 10.9. The first-order valence-electron chi connectivity index (χ1n) is 7.74. The lowest BCUT2D eigenvalue weighted by molar-refractivity contribution is -0.147. The number of carbonyl (C=O) groups excluding carboxylic acids is 1. The molecule has 0 unspecified atom stereocenters. The van der Waals surface area contributed by atoms with Gasteiger partial charge in [0.05, 0.1) is 0 Å². The van der Waals surface area contributed by atoms with E-state index < -0.39 is 12.0 Å². The molecule has 0 radical (unpaired) electrons. The molecule has 3 heterocycles. The molecule has 1 amide bonds. The molecule has 2 aliphatic rings. The molecule has 1 atom stereocenters. The number of aromatic nitrogens is 2. The molecule has 3 rings (SSSR count). The number of amides is 1. The maximum Gasteiger partial charge on any atom is 0.326 e. The molecule has 124 valence electrons. The summed E-state index contributed by atoms with van der Waals surface area (Å²) in [4.78, 5) is 35.2. The van der Waals surface area contributed by atoms with E-state index in [9.17, 15) is 14.7 Å². The number of carboxylic acids is 1. The van der Waals surface area contributed by atoms with Gasteiger partial charge < -0.3 is 20.6 Å². The second-order valence-corrected chi connectivity index (χ2v) is 6.47. The van der Waals surface area contributed by atoms with Crippen molar-refractivity contribution in [3.8, 4) is 0 Å². The first kappa shape index (κ1) is 15.5. The second kappa shape index (κ2) is 5.68. The predicted molar refractivity (Wildman–Crippen MR) is 83.8 cm³/mol. The molecule has 1 aromatic heterocycles. The first-order valence-corrected chi connectivity index (χ1v) is 7.74. The van der Waals surface area contributed by atoms with E-state index in [1.807, 2.05) is 0 Å². The van der Waals surface area contributed by atoms with Crippen LogP contribution in [0.25, 0.3) is 0 Å². The minimum absolute atomic E-state index is 0.119. The quantitative estimate of drug-likeness (QED) is 0.808. The molecular weight excluding hydrogens is 298 g/mol. The number of nitrogen functional groups attached to an aromatic ring is 1. The highest BCUT2D eigenvalue weighted by atomic mass is 16.4. The van der Waals surface area contributed by atoms with Gasteiger partial charge in [0.2, 0.25) is 11.9 Å². The third-order valence-electron chi connectivity index (χ3n) is 4.97. The van der Waals surface area contributed by atoms with Crippen molar-refractivity contribution >= 4 is 23.6 Å². The largest absolute Gasteiger partial charge is 0.480 e. The van der Waals surface area contributed by atoms with Gasteiger partial charge in [0.15, 0.2) is 0 Å². The zero-order valence-electron chi connectivity index (χ0n) is 13.1. The summed E-state index contributed by atoms with van der Waals surface area (Å²) in [7, 11) is 0. The SMILES string of the molecule is CC(=O)N1CC2(CCN(c3nccc(N)n3)CC2)C[C@H]1C(=O)O. The Hall–Kier alpha value is -2.38. The lowest BCUT2D eigenvalue weighted by Gasteiger charge is -2.39. The Morgan fingerprint density at radius 2 is 2.09 bits per heavy atom. The number of carbonyl (C=O) groups is 2. The predicted octanol–water partition coefficient (Wildman–Crippen LogP) is 0.351. The van der Waals surface area contributed by atoms with Crippen molar-refractivity contribution < 1.29 is 14.7 Å². The summed E-state index contributed by atoms with van der Waals surface area (Å²) < 4.78 is 0. The highest BCUT2D eigenvalue weighted by Crippen LogP contribution is 2.43. The molecule has 8 nitrogen and oxygen atoms in total. The number of aliphatic carboxylic acids is 1. The van der Waals surface area contributed by atoms with Crippen LogP contribution in [0.2, 0.25) is 0 Å². The lowest BCUT2D eigenvalue weighted by Crippen LogP contribution is -2.43. The lowest BCUT2D eigenvalue weighted by atomic mass is 9.76. The minimum atomic E-state index is -0.918. The summed E-state index contributed by atoms with van der Waals surface area (Å²) in [6.45, 7) is 3.43. The maximum atomic E-state index is 11.7. The summed E-state index contributed by atoms with van der Waals surface area (Å²) in [6.07, 6.45) is 3.79. The van der Waals surface area contributed by atoms with Gasteiger partial charge in [0.25, 0.3) is 0 Å². The Kier molecular flexibility index (Phi) is 3.83. The number of likely N-dealkylation sites (tertiary alicyclic amines) is 1. The van der Waals surface area contributed by atoms with Crippen molar-refractivity contribution in [2.45, 2.75) is 32.2 Å². The number of hydrogen-bond donors (Lipinski definition) is 2. The van der Waals surface area contributed by atoms with Crippen LogP contribution in [-0.4, -0.2) is 57.5 Å². The van der Waals surface area contributed by atoms with Gasteiger partial charge in [-0.25, -0.2) is 9.78 Å². The maximum absolute atomic E-state index is 11.7. The van der Waals surface area contributed by atoms with Gasteiger partial charge in [-0.1, -0.05) is 0 Å².